The maximum atomic E-state index is 11.5. The zero-order valence-corrected chi connectivity index (χ0v) is 18.7. The number of furan rings is 1. The first-order valence-electron chi connectivity index (χ1n) is 10.7. The van der Waals surface area contributed by atoms with E-state index in [4.69, 9.17) is 10.2 Å². The molecule has 3 N–H and O–H groups in total. The lowest BCUT2D eigenvalue weighted by atomic mass is 10.0. The number of nitrogens with one attached hydrogen (secondary N) is 1. The molecule has 3 aromatic rings. The molecular weight excluding hydrogens is 422 g/mol. The Hall–Kier alpha value is -3.26. The minimum Gasteiger partial charge on any atom is -0.438 e. The van der Waals surface area contributed by atoms with Crippen molar-refractivity contribution in [2.75, 3.05) is 18.1 Å². The van der Waals surface area contributed by atoms with Crippen molar-refractivity contribution in [1.29, 1.82) is 0 Å². The lowest BCUT2D eigenvalue weighted by Gasteiger charge is -2.20. The lowest BCUT2D eigenvalue weighted by Crippen LogP contribution is -2.34. The third kappa shape index (κ3) is 4.10. The van der Waals surface area contributed by atoms with Crippen LogP contribution in [0.5, 0.6) is 0 Å². The predicted molar refractivity (Wildman–Crippen MR) is 129 cm³/mol. The van der Waals surface area contributed by atoms with Crippen molar-refractivity contribution < 1.29 is 8.63 Å². The van der Waals surface area contributed by atoms with Crippen LogP contribution in [0.1, 0.15) is 35.4 Å². The molecule has 0 amide bonds. The average molecular weight is 448 g/mol. The van der Waals surface area contributed by atoms with Crippen LogP contribution in [0, 0.1) is 6.92 Å². The van der Waals surface area contributed by atoms with Gasteiger partial charge in [0.2, 0.25) is 5.71 Å². The average Bonchev–Trinajstić information content (AvgIpc) is 3.24. The Balaban J connectivity index is 1.62. The third-order valence-electron chi connectivity index (χ3n) is 5.77. The fourth-order valence-corrected chi connectivity index (χ4v) is 4.80. The topological polar surface area (TPSA) is 106 Å². The largest absolute Gasteiger partial charge is 0.438 e. The van der Waals surface area contributed by atoms with Crippen LogP contribution in [-0.4, -0.2) is 44.5 Å². The number of allylic oxidation sites excluding steroid dienone is 2. The van der Waals surface area contributed by atoms with E-state index >= 15 is 0 Å². The molecule has 2 aromatic heterocycles. The molecule has 2 aliphatic heterocycles. The van der Waals surface area contributed by atoms with E-state index in [0.717, 1.165) is 47.2 Å². The van der Waals surface area contributed by atoms with E-state index in [1.807, 2.05) is 43.5 Å². The highest BCUT2D eigenvalue weighted by Crippen LogP contribution is 2.32. The number of rotatable bonds is 5. The molecule has 0 radical (unpaired) electrons. The van der Waals surface area contributed by atoms with Crippen LogP contribution in [0.25, 0.3) is 27.9 Å². The highest BCUT2D eigenvalue weighted by Gasteiger charge is 2.25. The van der Waals surface area contributed by atoms with Crippen molar-refractivity contribution in [2.45, 2.75) is 25.8 Å². The minimum atomic E-state index is -0.766. The number of benzene rings is 1. The number of nitrogens with two attached hydrogens (primary N) is 1. The highest BCUT2D eigenvalue weighted by atomic mass is 32.2. The lowest BCUT2D eigenvalue weighted by molar-refractivity contribution is 0.577. The summed E-state index contributed by atoms with van der Waals surface area (Å²) in [4.78, 5) is 13.6. The van der Waals surface area contributed by atoms with Crippen LogP contribution in [0.2, 0.25) is 0 Å². The van der Waals surface area contributed by atoms with Gasteiger partial charge in [-0.1, -0.05) is 29.8 Å². The molecule has 1 fully saturated rings. The number of fused-ring (bicyclic) bond motifs is 1. The number of hydrogen-bond donors (Lipinski definition) is 2. The van der Waals surface area contributed by atoms with E-state index < -0.39 is 10.8 Å². The smallest absolute Gasteiger partial charge is 0.230 e. The van der Waals surface area contributed by atoms with E-state index in [1.165, 1.54) is 6.33 Å². The van der Waals surface area contributed by atoms with Gasteiger partial charge >= 0.3 is 0 Å². The molecule has 2 aliphatic rings. The van der Waals surface area contributed by atoms with Crippen LogP contribution < -0.4 is 11.1 Å². The molecule has 164 valence electrons. The Kier molecular flexibility index (Phi) is 5.61. The molecule has 32 heavy (non-hydrogen) atoms. The quantitative estimate of drug-likeness (QED) is 0.582. The Labute approximate surface area is 189 Å². The predicted octanol–water partition coefficient (Wildman–Crippen LogP) is 3.28. The summed E-state index contributed by atoms with van der Waals surface area (Å²) in [6.45, 7) is 3.01. The number of aliphatic imine (C=N–C) groups is 1. The van der Waals surface area contributed by atoms with Gasteiger partial charge in [0.1, 0.15) is 12.1 Å². The molecule has 4 heterocycles. The van der Waals surface area contributed by atoms with Crippen molar-refractivity contribution in [3.05, 3.63) is 65.4 Å². The van der Waals surface area contributed by atoms with E-state index in [9.17, 15) is 4.21 Å². The van der Waals surface area contributed by atoms with Gasteiger partial charge in [0.15, 0.2) is 0 Å². The summed E-state index contributed by atoms with van der Waals surface area (Å²) in [6.07, 6.45) is 7.27. The molecule has 5 rings (SSSR count). The molecule has 1 aromatic carbocycles. The van der Waals surface area contributed by atoms with Crippen LogP contribution in [0.4, 0.5) is 0 Å². The molecule has 0 spiro atoms. The molecule has 0 bridgehead atoms. The molecule has 0 aliphatic carbocycles. The first-order chi connectivity index (χ1) is 15.6. The fraction of sp³-hybridized carbons (Fsp3) is 0.292. The van der Waals surface area contributed by atoms with Crippen LogP contribution in [0.3, 0.4) is 0 Å². The van der Waals surface area contributed by atoms with Gasteiger partial charge < -0.3 is 15.5 Å². The summed E-state index contributed by atoms with van der Waals surface area (Å²) in [5.74, 6) is 1.96. The van der Waals surface area contributed by atoms with Crippen LogP contribution in [0.15, 0.2) is 52.3 Å². The van der Waals surface area contributed by atoms with Gasteiger partial charge in [-0.15, -0.1) is 0 Å². The van der Waals surface area contributed by atoms with Gasteiger partial charge in [0.25, 0.3) is 0 Å². The number of nitrogens with zero attached hydrogens (tertiary/aromatic N) is 3. The van der Waals surface area contributed by atoms with E-state index in [2.05, 4.69) is 20.3 Å². The third-order valence-corrected chi connectivity index (χ3v) is 7.28. The molecule has 7 nitrogen and oxygen atoms in total. The molecule has 1 saturated heterocycles. The summed E-state index contributed by atoms with van der Waals surface area (Å²) in [7, 11) is -0.766. The first-order valence-corrected chi connectivity index (χ1v) is 12.2. The van der Waals surface area contributed by atoms with Crippen molar-refractivity contribution in [3.63, 3.8) is 0 Å². The zero-order chi connectivity index (χ0) is 22.1. The summed E-state index contributed by atoms with van der Waals surface area (Å²) >= 11 is 0. The Morgan fingerprint density at radius 3 is 2.81 bits per heavy atom. The summed E-state index contributed by atoms with van der Waals surface area (Å²) in [5.41, 5.74) is 12.3. The second kappa shape index (κ2) is 8.70. The summed E-state index contributed by atoms with van der Waals surface area (Å²) in [6, 6.07) is 10.1. The molecule has 8 heteroatoms. The number of aromatic nitrogens is 2. The summed E-state index contributed by atoms with van der Waals surface area (Å²) in [5, 5.41) is 4.07. The van der Waals surface area contributed by atoms with Gasteiger partial charge in [-0.25, -0.2) is 9.97 Å². The Morgan fingerprint density at radius 1 is 1.28 bits per heavy atom. The number of hydrogen-bond acceptors (Lipinski definition) is 7. The van der Waals surface area contributed by atoms with Crippen molar-refractivity contribution in [2.24, 2.45) is 10.7 Å². The summed E-state index contributed by atoms with van der Waals surface area (Å²) < 4.78 is 17.6. The Bertz CT molecular complexity index is 1270. The fourth-order valence-electron chi connectivity index (χ4n) is 3.86. The van der Waals surface area contributed by atoms with Crippen molar-refractivity contribution >= 4 is 45.0 Å². The van der Waals surface area contributed by atoms with E-state index in [0.29, 0.717) is 34.2 Å². The number of aryl methyl sites for hydroxylation is 1. The van der Waals surface area contributed by atoms with Crippen LogP contribution >= 0.6 is 0 Å². The minimum absolute atomic E-state index is 0.0485. The maximum Gasteiger partial charge on any atom is 0.230 e. The second-order valence-corrected chi connectivity index (χ2v) is 9.72. The standard InChI is InChI=1S/C24H25N5O2S/c1-15-4-6-16(7-5-15)22(25)20(11-27-18-12-32(30)13-18)23-19-9-21(17-3-2-8-26-10-17)31-24(19)29-14-28-23/h4-7,9-11,14,18,26H,2-3,8,12-13,25H2,1H3/b22-20+,27-11?. The van der Waals surface area contributed by atoms with E-state index in [1.54, 1.807) is 6.21 Å². The first kappa shape index (κ1) is 20.6. The van der Waals surface area contributed by atoms with Gasteiger partial charge in [-0.3, -0.25) is 9.20 Å². The highest BCUT2D eigenvalue weighted by molar-refractivity contribution is 7.86. The second-order valence-electron chi connectivity index (χ2n) is 8.18. The zero-order valence-electron chi connectivity index (χ0n) is 17.9. The van der Waals surface area contributed by atoms with Gasteiger partial charge in [0.05, 0.1) is 17.1 Å². The molecule has 0 unspecified atom stereocenters. The van der Waals surface area contributed by atoms with Gasteiger partial charge in [-0.2, -0.15) is 0 Å². The SMILES string of the molecule is Cc1ccc(/C(N)=C(/C=NC2CS(=O)C2)c2ncnc3oc(C4=CNCCC4)cc23)cc1. The van der Waals surface area contributed by atoms with Gasteiger partial charge in [0, 0.05) is 58.1 Å². The maximum absolute atomic E-state index is 11.5. The van der Waals surface area contributed by atoms with Crippen molar-refractivity contribution in [3.8, 4) is 0 Å². The van der Waals surface area contributed by atoms with Crippen LogP contribution in [-0.2, 0) is 10.8 Å². The van der Waals surface area contributed by atoms with E-state index in [-0.39, 0.29) is 6.04 Å². The molecule has 0 atom stereocenters. The monoisotopic (exact) mass is 447 g/mol. The van der Waals surface area contributed by atoms with Gasteiger partial charge in [-0.05, 0) is 31.4 Å². The van der Waals surface area contributed by atoms with Crippen molar-refractivity contribution in [1.82, 2.24) is 15.3 Å². The molecular formula is C24H25N5O2S. The normalized spacial score (nSPS) is 21.7. The molecule has 0 saturated carbocycles. The Morgan fingerprint density at radius 2 is 2.09 bits per heavy atom.